The van der Waals surface area contributed by atoms with Crippen molar-refractivity contribution < 1.29 is 24.6 Å². The maximum atomic E-state index is 12.5. The molecule has 1 aliphatic rings. The number of carboxylic acid groups (broad SMARTS) is 2. The predicted molar refractivity (Wildman–Crippen MR) is 128 cm³/mol. The summed E-state index contributed by atoms with van der Waals surface area (Å²) >= 11 is 12.1. The highest BCUT2D eigenvalue weighted by Gasteiger charge is 2.30. The number of aromatic nitrogens is 1. The molecule has 0 bridgehead atoms. The van der Waals surface area contributed by atoms with Gasteiger partial charge in [0.25, 0.3) is 12.9 Å². The Labute approximate surface area is 200 Å². The number of nitrogens with two attached hydrogens (primary N) is 1. The third-order valence-electron chi connectivity index (χ3n) is 5.00. The first-order chi connectivity index (χ1) is 15.9. The molecule has 0 fully saturated rings. The van der Waals surface area contributed by atoms with Crippen molar-refractivity contribution in [3.8, 4) is 0 Å². The van der Waals surface area contributed by atoms with E-state index in [-0.39, 0.29) is 31.4 Å². The molecule has 2 heterocycles. The van der Waals surface area contributed by atoms with E-state index in [0.29, 0.717) is 17.3 Å². The van der Waals surface area contributed by atoms with Gasteiger partial charge in [-0.3, -0.25) is 19.3 Å². The zero-order valence-electron chi connectivity index (χ0n) is 17.5. The van der Waals surface area contributed by atoms with E-state index in [2.05, 4.69) is 15.2 Å². The first-order valence-electron chi connectivity index (χ1n) is 9.83. The second-order valence-corrected chi connectivity index (χ2v) is 7.82. The minimum atomic E-state index is -0.250. The Balaban J connectivity index is 0.000000582. The summed E-state index contributed by atoms with van der Waals surface area (Å²) in [7, 11) is 0. The molecule has 6 N–H and O–H groups in total. The van der Waals surface area contributed by atoms with Gasteiger partial charge in [-0.2, -0.15) is 0 Å². The summed E-state index contributed by atoms with van der Waals surface area (Å²) < 4.78 is 0. The van der Waals surface area contributed by atoms with Gasteiger partial charge in [-0.15, -0.1) is 0 Å². The van der Waals surface area contributed by atoms with Crippen molar-refractivity contribution in [2.45, 2.75) is 12.5 Å². The normalized spacial score (nSPS) is 14.7. The van der Waals surface area contributed by atoms with E-state index in [1.807, 2.05) is 30.3 Å². The second-order valence-electron chi connectivity index (χ2n) is 6.95. The van der Waals surface area contributed by atoms with Crippen LogP contribution in [0.3, 0.4) is 0 Å². The Hall–Kier alpha value is -3.11. The SMILES string of the molecule is NCC1c2[nH]c3ccc(Cl)cc3c2CCN1CC(=O)Nc1cccc(Cl)c1.O=CO.O=CO. The summed E-state index contributed by atoms with van der Waals surface area (Å²) in [5.74, 6) is -0.0849. The van der Waals surface area contributed by atoms with Gasteiger partial charge in [-0.05, 0) is 48.4 Å². The predicted octanol–water partition coefficient (Wildman–Crippen LogP) is 3.37. The summed E-state index contributed by atoms with van der Waals surface area (Å²) in [5, 5.41) is 19.1. The van der Waals surface area contributed by atoms with Crippen molar-refractivity contribution in [3.05, 3.63) is 63.8 Å². The summed E-state index contributed by atoms with van der Waals surface area (Å²) in [4.78, 5) is 34.8. The van der Waals surface area contributed by atoms with Gasteiger partial charge in [-0.25, -0.2) is 0 Å². The lowest BCUT2D eigenvalue weighted by Gasteiger charge is -2.34. The molecule has 0 spiro atoms. The van der Waals surface area contributed by atoms with Crippen LogP contribution in [0.4, 0.5) is 5.69 Å². The number of amides is 1. The van der Waals surface area contributed by atoms with Crippen molar-refractivity contribution in [1.82, 2.24) is 9.88 Å². The number of hydrogen-bond donors (Lipinski definition) is 5. The van der Waals surface area contributed by atoms with Crippen LogP contribution in [0, 0.1) is 0 Å². The maximum absolute atomic E-state index is 12.5. The number of hydrogen-bond acceptors (Lipinski definition) is 5. The van der Waals surface area contributed by atoms with Gasteiger partial charge in [0.15, 0.2) is 0 Å². The average molecular weight is 495 g/mol. The van der Waals surface area contributed by atoms with Gasteiger partial charge in [0, 0.05) is 45.4 Å². The molecule has 0 aliphatic carbocycles. The molecule has 3 aromatic rings. The number of nitrogens with zero attached hydrogens (tertiary/aromatic N) is 1. The Morgan fingerprint density at radius 3 is 2.45 bits per heavy atom. The van der Waals surface area contributed by atoms with Gasteiger partial charge >= 0.3 is 0 Å². The average Bonchev–Trinajstić information content (AvgIpc) is 3.12. The highest BCUT2D eigenvalue weighted by Crippen LogP contribution is 2.35. The molecule has 9 nitrogen and oxygen atoms in total. The van der Waals surface area contributed by atoms with Crippen molar-refractivity contribution in [2.75, 3.05) is 25.0 Å². The summed E-state index contributed by atoms with van der Waals surface area (Å²) in [5.41, 5.74) is 10.1. The fourth-order valence-corrected chi connectivity index (χ4v) is 4.16. The minimum Gasteiger partial charge on any atom is -0.483 e. The fraction of sp³-hybridized carbons (Fsp3) is 0.227. The first kappa shape index (κ1) is 26.1. The Kier molecular flexibility index (Phi) is 10.1. The molecule has 1 aliphatic heterocycles. The number of H-pyrrole nitrogens is 1. The maximum Gasteiger partial charge on any atom is 0.290 e. The van der Waals surface area contributed by atoms with Crippen LogP contribution in [0.2, 0.25) is 10.0 Å². The highest BCUT2D eigenvalue weighted by molar-refractivity contribution is 6.31. The Morgan fingerprint density at radius 2 is 1.82 bits per heavy atom. The number of carbonyl (C=O) groups excluding carboxylic acids is 1. The van der Waals surface area contributed by atoms with Crippen LogP contribution in [0.25, 0.3) is 10.9 Å². The van der Waals surface area contributed by atoms with E-state index >= 15 is 0 Å². The first-order valence-corrected chi connectivity index (χ1v) is 10.6. The van der Waals surface area contributed by atoms with Crippen LogP contribution >= 0.6 is 23.2 Å². The molecule has 0 radical (unpaired) electrons. The standard InChI is InChI=1S/C20H20Cl2N4O.2CH2O2/c21-12-2-1-3-14(8-12)24-19(27)11-26-7-6-15-16-9-13(22)4-5-17(16)25-20(15)18(26)10-23;2*2-1-3/h1-5,8-9,18,25H,6-7,10-11,23H2,(H,24,27);2*1H,(H,2,3). The van der Waals surface area contributed by atoms with Gasteiger partial charge < -0.3 is 26.2 Å². The van der Waals surface area contributed by atoms with Crippen LogP contribution in [0.15, 0.2) is 42.5 Å². The van der Waals surface area contributed by atoms with Gasteiger partial charge in [0.05, 0.1) is 12.6 Å². The molecule has 1 amide bonds. The monoisotopic (exact) mass is 494 g/mol. The van der Waals surface area contributed by atoms with Crippen molar-refractivity contribution in [1.29, 1.82) is 0 Å². The van der Waals surface area contributed by atoms with Crippen LogP contribution in [0.1, 0.15) is 17.3 Å². The molecule has 4 rings (SSSR count). The molecule has 1 aromatic heterocycles. The van der Waals surface area contributed by atoms with Crippen LogP contribution in [-0.2, 0) is 20.8 Å². The van der Waals surface area contributed by atoms with Crippen molar-refractivity contribution in [2.24, 2.45) is 5.73 Å². The molecule has 1 unspecified atom stereocenters. The minimum absolute atomic E-state index is 0.0370. The molecule has 0 saturated heterocycles. The van der Waals surface area contributed by atoms with E-state index in [4.69, 9.17) is 48.7 Å². The van der Waals surface area contributed by atoms with E-state index in [0.717, 1.165) is 34.6 Å². The van der Waals surface area contributed by atoms with Crippen LogP contribution < -0.4 is 11.1 Å². The molecular formula is C22H24Cl2N4O5. The van der Waals surface area contributed by atoms with E-state index in [9.17, 15) is 4.79 Å². The van der Waals surface area contributed by atoms with Gasteiger partial charge in [0.1, 0.15) is 0 Å². The topological polar surface area (TPSA) is 149 Å². The fourth-order valence-electron chi connectivity index (χ4n) is 3.80. The van der Waals surface area contributed by atoms with Crippen LogP contribution in [-0.4, -0.2) is 58.6 Å². The summed E-state index contributed by atoms with van der Waals surface area (Å²) in [6, 6.07) is 12.9. The molecule has 1 atom stereocenters. The third-order valence-corrected chi connectivity index (χ3v) is 5.47. The lowest BCUT2D eigenvalue weighted by Crippen LogP contribution is -2.43. The Bertz CT molecular complexity index is 1100. The summed E-state index contributed by atoms with van der Waals surface area (Å²) in [6.07, 6.45) is 0.844. The number of fused-ring (bicyclic) bond motifs is 3. The molecular weight excluding hydrogens is 471 g/mol. The quantitative estimate of drug-likeness (QED) is 0.349. The smallest absolute Gasteiger partial charge is 0.290 e. The molecule has 2 aromatic carbocycles. The van der Waals surface area contributed by atoms with Crippen molar-refractivity contribution in [3.63, 3.8) is 0 Å². The van der Waals surface area contributed by atoms with Gasteiger partial charge in [-0.1, -0.05) is 29.3 Å². The highest BCUT2D eigenvalue weighted by atomic mass is 35.5. The lowest BCUT2D eigenvalue weighted by molar-refractivity contribution is -0.123. The number of benzene rings is 2. The molecule has 11 heteroatoms. The lowest BCUT2D eigenvalue weighted by atomic mass is 9.97. The van der Waals surface area contributed by atoms with Gasteiger partial charge in [0.2, 0.25) is 5.91 Å². The number of nitrogens with one attached hydrogen (secondary N) is 2. The Morgan fingerprint density at radius 1 is 1.15 bits per heavy atom. The van der Waals surface area contributed by atoms with E-state index in [1.54, 1.807) is 12.1 Å². The number of rotatable bonds is 4. The number of aromatic amines is 1. The number of anilines is 1. The van der Waals surface area contributed by atoms with E-state index in [1.165, 1.54) is 5.56 Å². The van der Waals surface area contributed by atoms with Crippen molar-refractivity contribution >= 4 is 58.6 Å². The number of carbonyl (C=O) groups is 3. The zero-order chi connectivity index (χ0) is 24.4. The summed E-state index contributed by atoms with van der Waals surface area (Å²) in [6.45, 7) is 0.958. The number of halogens is 2. The molecule has 0 saturated carbocycles. The molecule has 33 heavy (non-hydrogen) atoms. The molecule has 176 valence electrons. The van der Waals surface area contributed by atoms with Crippen LogP contribution in [0.5, 0.6) is 0 Å². The second kappa shape index (κ2) is 12.8. The largest absolute Gasteiger partial charge is 0.483 e. The zero-order valence-corrected chi connectivity index (χ0v) is 19.0. The third kappa shape index (κ3) is 6.93. The van der Waals surface area contributed by atoms with E-state index < -0.39 is 0 Å².